The molecule has 3 aromatic rings. The fraction of sp³-hybridized carbons (Fsp3) is 0.292. The number of halogens is 2. The van der Waals surface area contributed by atoms with Gasteiger partial charge < -0.3 is 14.8 Å². The van der Waals surface area contributed by atoms with Gasteiger partial charge in [-0.25, -0.2) is 0 Å². The van der Waals surface area contributed by atoms with Crippen LogP contribution in [-0.2, 0) is 17.9 Å². The summed E-state index contributed by atoms with van der Waals surface area (Å²) in [5.74, 6) is 2.28. The van der Waals surface area contributed by atoms with E-state index in [0.717, 1.165) is 15.8 Å². The average Bonchev–Trinajstić information content (AvgIpc) is 3.18. The van der Waals surface area contributed by atoms with E-state index in [2.05, 4.69) is 57.9 Å². The minimum absolute atomic E-state index is 0.157. The second-order valence-electron chi connectivity index (χ2n) is 7.61. The Hall–Kier alpha value is -2.49. The molecule has 0 aliphatic heterocycles. The van der Waals surface area contributed by atoms with Gasteiger partial charge in [0.15, 0.2) is 11.0 Å². The molecule has 3 rings (SSSR count). The molecule has 0 bridgehead atoms. The van der Waals surface area contributed by atoms with E-state index in [9.17, 15) is 4.79 Å². The van der Waals surface area contributed by atoms with Crippen LogP contribution in [0.15, 0.2) is 58.7 Å². The Kier molecular flexibility index (Phi) is 9.44. The summed E-state index contributed by atoms with van der Waals surface area (Å²) >= 11 is 10.9. The van der Waals surface area contributed by atoms with E-state index in [1.165, 1.54) is 18.9 Å². The summed E-state index contributed by atoms with van der Waals surface area (Å²) in [7, 11) is 1.54. The second kappa shape index (κ2) is 12.3. The minimum atomic E-state index is -0.186. The largest absolute Gasteiger partial charge is 0.495 e. The van der Waals surface area contributed by atoms with Crippen molar-refractivity contribution < 1.29 is 14.3 Å². The lowest BCUT2D eigenvalue weighted by atomic mass is 10.0. The lowest BCUT2D eigenvalue weighted by Gasteiger charge is -2.15. The maximum absolute atomic E-state index is 12.5. The van der Waals surface area contributed by atoms with E-state index in [-0.39, 0.29) is 18.3 Å². The zero-order valence-corrected chi connectivity index (χ0v) is 22.3. The van der Waals surface area contributed by atoms with Gasteiger partial charge in [0.2, 0.25) is 5.91 Å². The summed E-state index contributed by atoms with van der Waals surface area (Å²) in [4.78, 5) is 12.5. The van der Waals surface area contributed by atoms with Gasteiger partial charge >= 0.3 is 0 Å². The number of aromatic nitrogens is 3. The maximum Gasteiger partial charge on any atom is 0.234 e. The van der Waals surface area contributed by atoms with Gasteiger partial charge in [0.25, 0.3) is 0 Å². The molecule has 2 aromatic carbocycles. The molecular formula is C24H26BrClN4O3S. The quantitative estimate of drug-likeness (QED) is 0.216. The van der Waals surface area contributed by atoms with E-state index in [4.69, 9.17) is 21.1 Å². The van der Waals surface area contributed by atoms with E-state index < -0.39 is 0 Å². The molecule has 180 valence electrons. The first-order valence-corrected chi connectivity index (χ1v) is 12.7. The second-order valence-corrected chi connectivity index (χ2v) is 9.88. The zero-order valence-electron chi connectivity index (χ0n) is 19.2. The van der Waals surface area contributed by atoms with Crippen molar-refractivity contribution >= 4 is 50.9 Å². The minimum Gasteiger partial charge on any atom is -0.495 e. The number of methoxy groups -OCH3 is 1. The van der Waals surface area contributed by atoms with E-state index >= 15 is 0 Å². The van der Waals surface area contributed by atoms with Crippen molar-refractivity contribution in [2.75, 3.05) is 18.2 Å². The van der Waals surface area contributed by atoms with Crippen LogP contribution in [0.4, 0.5) is 5.69 Å². The number of rotatable bonds is 11. The van der Waals surface area contributed by atoms with Gasteiger partial charge in [0.1, 0.15) is 18.1 Å². The van der Waals surface area contributed by atoms with Crippen LogP contribution < -0.4 is 14.8 Å². The molecule has 0 spiro atoms. The number of carbonyl (C=O) groups is 1. The van der Waals surface area contributed by atoms with E-state index in [1.54, 1.807) is 24.3 Å². The molecule has 1 heterocycles. The fourth-order valence-corrected chi connectivity index (χ4v) is 4.56. The van der Waals surface area contributed by atoms with Gasteiger partial charge in [-0.15, -0.1) is 16.8 Å². The van der Waals surface area contributed by atoms with Crippen molar-refractivity contribution in [1.82, 2.24) is 14.8 Å². The van der Waals surface area contributed by atoms with Gasteiger partial charge in [0.05, 0.1) is 17.9 Å². The van der Waals surface area contributed by atoms with Crippen molar-refractivity contribution in [3.63, 3.8) is 0 Å². The highest BCUT2D eigenvalue weighted by Crippen LogP contribution is 2.30. The summed E-state index contributed by atoms with van der Waals surface area (Å²) in [5, 5.41) is 12.4. The molecule has 0 atom stereocenters. The third-order valence-electron chi connectivity index (χ3n) is 4.82. The van der Waals surface area contributed by atoms with Gasteiger partial charge in [-0.1, -0.05) is 59.2 Å². The molecule has 0 radical (unpaired) electrons. The smallest absolute Gasteiger partial charge is 0.234 e. The van der Waals surface area contributed by atoms with Crippen LogP contribution in [0, 0.1) is 0 Å². The number of ether oxygens (including phenoxy) is 2. The summed E-state index contributed by atoms with van der Waals surface area (Å²) in [5.41, 5.74) is 1.70. The predicted octanol–water partition coefficient (Wildman–Crippen LogP) is 6.32. The summed E-state index contributed by atoms with van der Waals surface area (Å²) in [6.45, 7) is 8.81. The number of thioether (sulfide) groups is 1. The first-order chi connectivity index (χ1) is 16.3. The van der Waals surface area contributed by atoms with Crippen LogP contribution in [0.5, 0.6) is 11.5 Å². The van der Waals surface area contributed by atoms with Gasteiger partial charge in [0, 0.05) is 16.7 Å². The molecule has 0 aliphatic rings. The predicted molar refractivity (Wildman–Crippen MR) is 140 cm³/mol. The van der Waals surface area contributed by atoms with Crippen molar-refractivity contribution in [3.05, 3.63) is 69.9 Å². The number of nitrogens with zero attached hydrogens (tertiary/aromatic N) is 3. The number of nitrogens with one attached hydrogen (secondary N) is 1. The molecule has 0 saturated carbocycles. The molecule has 34 heavy (non-hydrogen) atoms. The summed E-state index contributed by atoms with van der Waals surface area (Å²) in [6, 6.07) is 11.0. The topological polar surface area (TPSA) is 78.3 Å². The first-order valence-electron chi connectivity index (χ1n) is 10.5. The third-order valence-corrected chi connectivity index (χ3v) is 6.58. The highest BCUT2D eigenvalue weighted by Gasteiger charge is 2.16. The molecule has 1 amide bonds. The Morgan fingerprint density at radius 3 is 2.71 bits per heavy atom. The number of amides is 1. The molecule has 1 aromatic heterocycles. The Balaban J connectivity index is 1.65. The average molecular weight is 566 g/mol. The van der Waals surface area contributed by atoms with Crippen LogP contribution in [0.2, 0.25) is 5.02 Å². The Bertz CT molecular complexity index is 1170. The number of hydrogen-bond acceptors (Lipinski definition) is 6. The molecule has 0 fully saturated rings. The lowest BCUT2D eigenvalue weighted by molar-refractivity contribution is -0.113. The zero-order chi connectivity index (χ0) is 24.7. The Morgan fingerprint density at radius 1 is 1.26 bits per heavy atom. The van der Waals surface area contributed by atoms with E-state index in [0.29, 0.717) is 39.9 Å². The van der Waals surface area contributed by atoms with Crippen molar-refractivity contribution in [2.24, 2.45) is 0 Å². The highest BCUT2D eigenvalue weighted by molar-refractivity contribution is 9.10. The van der Waals surface area contributed by atoms with Gasteiger partial charge in [-0.3, -0.25) is 9.36 Å². The number of carbonyl (C=O) groups excluding carboxylic acids is 1. The Morgan fingerprint density at radius 2 is 2.03 bits per heavy atom. The van der Waals surface area contributed by atoms with Gasteiger partial charge in [-0.05, 0) is 47.9 Å². The fourth-order valence-electron chi connectivity index (χ4n) is 3.16. The summed E-state index contributed by atoms with van der Waals surface area (Å²) < 4.78 is 14.1. The van der Waals surface area contributed by atoms with Crippen LogP contribution in [0.3, 0.4) is 0 Å². The SMILES string of the molecule is C=CCn1c(COc2ccc(Br)cc2C(C)C)nnc1SCC(=O)Nc1ccc(OC)c(Cl)c1. The third kappa shape index (κ3) is 6.77. The molecule has 0 aliphatic carbocycles. The standard InChI is InChI=1S/C24H26BrClN4O3S/c1-5-10-30-22(13-33-20-8-6-16(25)11-18(20)15(2)3)28-29-24(30)34-14-23(31)27-17-7-9-21(32-4)19(26)12-17/h5-9,11-12,15H,1,10,13-14H2,2-4H3,(H,27,31). The first kappa shape index (κ1) is 26.1. The van der Waals surface area contributed by atoms with Crippen LogP contribution in [0.25, 0.3) is 0 Å². The van der Waals surface area contributed by atoms with Gasteiger partial charge in [-0.2, -0.15) is 0 Å². The van der Waals surface area contributed by atoms with Crippen molar-refractivity contribution in [2.45, 2.75) is 38.1 Å². The number of anilines is 1. The molecule has 1 N–H and O–H groups in total. The molecule has 7 nitrogen and oxygen atoms in total. The van der Waals surface area contributed by atoms with Crippen molar-refractivity contribution in [3.8, 4) is 11.5 Å². The van der Waals surface area contributed by atoms with Crippen LogP contribution >= 0.6 is 39.3 Å². The maximum atomic E-state index is 12.5. The lowest BCUT2D eigenvalue weighted by Crippen LogP contribution is -2.15. The van der Waals surface area contributed by atoms with Crippen LogP contribution in [-0.4, -0.2) is 33.5 Å². The number of hydrogen-bond donors (Lipinski definition) is 1. The molecule has 10 heteroatoms. The highest BCUT2D eigenvalue weighted by atomic mass is 79.9. The van der Waals surface area contributed by atoms with Crippen molar-refractivity contribution in [1.29, 1.82) is 0 Å². The molecular weight excluding hydrogens is 540 g/mol. The van der Waals surface area contributed by atoms with E-state index in [1.807, 2.05) is 16.7 Å². The number of allylic oxidation sites excluding steroid dienone is 1. The normalized spacial score (nSPS) is 10.9. The molecule has 0 unspecified atom stereocenters. The van der Waals surface area contributed by atoms with Crippen LogP contribution in [0.1, 0.15) is 31.2 Å². The monoisotopic (exact) mass is 564 g/mol. The Labute approximate surface area is 217 Å². The number of benzene rings is 2. The molecule has 0 saturated heterocycles. The summed E-state index contributed by atoms with van der Waals surface area (Å²) in [6.07, 6.45) is 1.76.